The summed E-state index contributed by atoms with van der Waals surface area (Å²) in [6.07, 6.45) is 7.45. The quantitative estimate of drug-likeness (QED) is 0.801. The molecule has 2 fully saturated rings. The third kappa shape index (κ3) is 2.92. The number of carbonyl (C=O) groups excluding carboxylic acids is 1. The minimum atomic E-state index is -0.423. The molecule has 1 heterocycles. The number of hydrogen-bond acceptors (Lipinski definition) is 2. The van der Waals surface area contributed by atoms with Crippen LogP contribution in [-0.4, -0.2) is 48.4 Å². The number of fused-ring (bicyclic) bond motifs is 2. The van der Waals surface area contributed by atoms with Crippen LogP contribution in [0.5, 0.6) is 0 Å². The van der Waals surface area contributed by atoms with Crippen molar-refractivity contribution in [2.45, 2.75) is 12.8 Å². The first-order valence-electron chi connectivity index (χ1n) is 8.65. The molecule has 1 amide bonds. The number of allylic oxidation sites excluding steroid dienone is 2. The molecule has 0 unspecified atom stereocenters. The van der Waals surface area contributed by atoms with Crippen LogP contribution in [0.1, 0.15) is 23.2 Å². The smallest absolute Gasteiger partial charge is 0.256 e. The largest absolute Gasteiger partial charge is 0.336 e. The Morgan fingerprint density at radius 2 is 1.87 bits per heavy atom. The molecule has 4 heteroatoms. The lowest BCUT2D eigenvalue weighted by Crippen LogP contribution is -2.50. The van der Waals surface area contributed by atoms with E-state index in [9.17, 15) is 9.18 Å². The molecule has 1 saturated heterocycles. The van der Waals surface area contributed by atoms with E-state index in [1.807, 2.05) is 0 Å². The van der Waals surface area contributed by atoms with E-state index < -0.39 is 5.82 Å². The molecule has 122 valence electrons. The molecule has 3 nitrogen and oxygen atoms in total. The number of rotatable bonds is 3. The predicted octanol–water partition coefficient (Wildman–Crippen LogP) is 2.80. The highest BCUT2D eigenvalue weighted by Crippen LogP contribution is 2.43. The summed E-state index contributed by atoms with van der Waals surface area (Å²) >= 11 is 0. The Kier molecular flexibility index (Phi) is 3.93. The van der Waals surface area contributed by atoms with Gasteiger partial charge in [-0.2, -0.15) is 0 Å². The first-order valence-corrected chi connectivity index (χ1v) is 8.65. The average molecular weight is 314 g/mol. The van der Waals surface area contributed by atoms with E-state index in [1.54, 1.807) is 23.1 Å². The fourth-order valence-electron chi connectivity index (χ4n) is 4.37. The van der Waals surface area contributed by atoms with Gasteiger partial charge in [-0.05, 0) is 42.7 Å². The number of hydrogen-bond donors (Lipinski definition) is 0. The van der Waals surface area contributed by atoms with Crippen molar-refractivity contribution in [2.24, 2.45) is 17.8 Å². The second-order valence-electron chi connectivity index (χ2n) is 7.11. The first kappa shape index (κ1) is 14.9. The van der Waals surface area contributed by atoms with Crippen LogP contribution in [0.3, 0.4) is 0 Å². The molecule has 0 N–H and O–H groups in total. The van der Waals surface area contributed by atoms with Gasteiger partial charge < -0.3 is 4.90 Å². The van der Waals surface area contributed by atoms with Gasteiger partial charge in [-0.25, -0.2) is 4.39 Å². The van der Waals surface area contributed by atoms with E-state index in [2.05, 4.69) is 17.1 Å². The summed E-state index contributed by atoms with van der Waals surface area (Å²) < 4.78 is 13.8. The number of benzene rings is 1. The topological polar surface area (TPSA) is 23.6 Å². The van der Waals surface area contributed by atoms with E-state index in [-0.39, 0.29) is 11.5 Å². The minimum absolute atomic E-state index is 0.175. The molecule has 2 aliphatic carbocycles. The summed E-state index contributed by atoms with van der Waals surface area (Å²) in [7, 11) is 0. The lowest BCUT2D eigenvalue weighted by molar-refractivity contribution is 0.0606. The molecule has 3 aliphatic rings. The predicted molar refractivity (Wildman–Crippen MR) is 87.6 cm³/mol. The summed E-state index contributed by atoms with van der Waals surface area (Å²) in [5.74, 6) is 1.78. The number of nitrogens with zero attached hydrogens (tertiary/aromatic N) is 2. The Balaban J connectivity index is 1.32. The molecule has 0 aromatic heterocycles. The molecule has 23 heavy (non-hydrogen) atoms. The molecule has 3 atom stereocenters. The summed E-state index contributed by atoms with van der Waals surface area (Å²) in [6, 6.07) is 6.26. The average Bonchev–Trinajstić information content (AvgIpc) is 3.18. The first-order chi connectivity index (χ1) is 11.2. The van der Waals surface area contributed by atoms with E-state index in [0.717, 1.165) is 37.4 Å². The highest BCUT2D eigenvalue weighted by molar-refractivity contribution is 5.94. The Morgan fingerprint density at radius 1 is 1.09 bits per heavy atom. The molecule has 2 bridgehead atoms. The van der Waals surface area contributed by atoms with Crippen molar-refractivity contribution >= 4 is 5.91 Å². The van der Waals surface area contributed by atoms with Gasteiger partial charge in [0.1, 0.15) is 5.82 Å². The fourth-order valence-corrected chi connectivity index (χ4v) is 4.37. The number of halogens is 1. The number of piperazine rings is 1. The second kappa shape index (κ2) is 6.08. The number of amides is 1. The summed E-state index contributed by atoms with van der Waals surface area (Å²) in [5, 5.41) is 0. The molecule has 1 saturated carbocycles. The van der Waals surface area contributed by atoms with Gasteiger partial charge in [-0.1, -0.05) is 24.3 Å². The van der Waals surface area contributed by atoms with Crippen LogP contribution < -0.4 is 0 Å². The molecular formula is C19H23FN2O. The van der Waals surface area contributed by atoms with Crippen molar-refractivity contribution in [1.29, 1.82) is 0 Å². The zero-order valence-corrected chi connectivity index (χ0v) is 13.3. The summed E-state index contributed by atoms with van der Waals surface area (Å²) in [5.41, 5.74) is 0.194. The molecule has 1 aromatic rings. The van der Waals surface area contributed by atoms with Gasteiger partial charge in [0.15, 0.2) is 0 Å². The maximum Gasteiger partial charge on any atom is 0.256 e. The zero-order chi connectivity index (χ0) is 15.8. The van der Waals surface area contributed by atoms with E-state index >= 15 is 0 Å². The highest BCUT2D eigenvalue weighted by atomic mass is 19.1. The lowest BCUT2D eigenvalue weighted by Gasteiger charge is -2.37. The third-order valence-electron chi connectivity index (χ3n) is 5.67. The highest BCUT2D eigenvalue weighted by Gasteiger charge is 2.36. The van der Waals surface area contributed by atoms with Crippen LogP contribution in [0.4, 0.5) is 4.39 Å². The summed E-state index contributed by atoms with van der Waals surface area (Å²) in [4.78, 5) is 16.7. The van der Waals surface area contributed by atoms with Crippen molar-refractivity contribution in [3.8, 4) is 0 Å². The molecule has 0 radical (unpaired) electrons. The third-order valence-corrected chi connectivity index (χ3v) is 5.67. The zero-order valence-electron chi connectivity index (χ0n) is 13.3. The standard InChI is InChI=1S/C19H23FN2O/c20-18-4-2-1-3-17(18)19(23)22-9-7-21(8-10-22)13-16-12-14-5-6-15(16)11-14/h1-6,14-16H,7-13H2/t14-,15-,16+/m0/s1. The summed E-state index contributed by atoms with van der Waals surface area (Å²) in [6.45, 7) is 4.34. The van der Waals surface area contributed by atoms with Gasteiger partial charge in [0.25, 0.3) is 5.91 Å². The maximum absolute atomic E-state index is 13.8. The lowest BCUT2D eigenvalue weighted by atomic mass is 9.93. The van der Waals surface area contributed by atoms with E-state index in [1.165, 1.54) is 18.9 Å². The van der Waals surface area contributed by atoms with Crippen LogP contribution in [0.25, 0.3) is 0 Å². The van der Waals surface area contributed by atoms with Crippen molar-refractivity contribution in [3.63, 3.8) is 0 Å². The van der Waals surface area contributed by atoms with Crippen LogP contribution in [0.2, 0.25) is 0 Å². The van der Waals surface area contributed by atoms with Crippen molar-refractivity contribution in [2.75, 3.05) is 32.7 Å². The molecular weight excluding hydrogens is 291 g/mol. The van der Waals surface area contributed by atoms with Gasteiger partial charge in [-0.15, -0.1) is 0 Å². The van der Waals surface area contributed by atoms with Gasteiger partial charge in [0, 0.05) is 32.7 Å². The van der Waals surface area contributed by atoms with Crippen molar-refractivity contribution < 1.29 is 9.18 Å². The Labute approximate surface area is 136 Å². The van der Waals surface area contributed by atoms with Crippen LogP contribution in [0.15, 0.2) is 36.4 Å². The van der Waals surface area contributed by atoms with E-state index in [0.29, 0.717) is 13.1 Å². The van der Waals surface area contributed by atoms with Gasteiger partial charge >= 0.3 is 0 Å². The molecule has 1 aromatic carbocycles. The van der Waals surface area contributed by atoms with Crippen LogP contribution in [-0.2, 0) is 0 Å². The monoisotopic (exact) mass is 314 g/mol. The SMILES string of the molecule is O=C(c1ccccc1F)N1CCN(C[C@H]2C[C@H]3C=C[C@H]2C3)CC1. The van der Waals surface area contributed by atoms with Gasteiger partial charge in [0.05, 0.1) is 5.56 Å². The van der Waals surface area contributed by atoms with Crippen LogP contribution >= 0.6 is 0 Å². The fraction of sp³-hybridized carbons (Fsp3) is 0.526. The van der Waals surface area contributed by atoms with Crippen molar-refractivity contribution in [1.82, 2.24) is 9.80 Å². The Hall–Kier alpha value is -1.68. The number of carbonyl (C=O) groups is 1. The second-order valence-corrected chi connectivity index (χ2v) is 7.11. The molecule has 1 aliphatic heterocycles. The Bertz CT molecular complexity index is 622. The van der Waals surface area contributed by atoms with E-state index in [4.69, 9.17) is 0 Å². The van der Waals surface area contributed by atoms with Crippen LogP contribution in [0, 0.1) is 23.6 Å². The molecule has 0 spiro atoms. The normalized spacial score (nSPS) is 30.1. The Morgan fingerprint density at radius 3 is 2.52 bits per heavy atom. The van der Waals surface area contributed by atoms with Gasteiger partial charge in [0.2, 0.25) is 0 Å². The van der Waals surface area contributed by atoms with Gasteiger partial charge in [-0.3, -0.25) is 9.69 Å². The minimum Gasteiger partial charge on any atom is -0.336 e. The maximum atomic E-state index is 13.8. The molecule has 4 rings (SSSR count). The van der Waals surface area contributed by atoms with Crippen molar-refractivity contribution in [3.05, 3.63) is 47.8 Å².